The number of thiazole rings is 1. The highest BCUT2D eigenvalue weighted by atomic mass is 32.1. The average molecular weight is 330 g/mol. The van der Waals surface area contributed by atoms with Gasteiger partial charge < -0.3 is 14.4 Å². The third-order valence-electron chi connectivity index (χ3n) is 4.72. The highest BCUT2D eigenvalue weighted by Crippen LogP contribution is 2.34. The van der Waals surface area contributed by atoms with Crippen LogP contribution in [0, 0.1) is 6.92 Å². The minimum atomic E-state index is 0.00769. The van der Waals surface area contributed by atoms with Gasteiger partial charge in [0, 0.05) is 31.6 Å². The van der Waals surface area contributed by atoms with E-state index in [9.17, 15) is 9.59 Å². The minimum Gasteiger partial charge on any atom is -0.339 e. The number of aromatic nitrogens is 2. The van der Waals surface area contributed by atoms with Crippen LogP contribution in [-0.2, 0) is 11.3 Å². The maximum Gasteiger partial charge on any atom is 0.271 e. The lowest BCUT2D eigenvalue weighted by molar-refractivity contribution is -0.128. The van der Waals surface area contributed by atoms with E-state index in [0.29, 0.717) is 25.3 Å². The predicted molar refractivity (Wildman–Crippen MR) is 86.2 cm³/mol. The molecule has 0 N–H and O–H groups in total. The largest absolute Gasteiger partial charge is 0.339 e. The first-order chi connectivity index (χ1) is 11.0. The topological polar surface area (TPSA) is 58.4 Å². The molecule has 2 aromatic heterocycles. The second-order valence-electron chi connectivity index (χ2n) is 6.15. The maximum atomic E-state index is 12.9. The van der Waals surface area contributed by atoms with Crippen LogP contribution in [0.2, 0.25) is 0 Å². The summed E-state index contributed by atoms with van der Waals surface area (Å²) in [5.74, 6) is 0.0808. The van der Waals surface area contributed by atoms with E-state index in [1.807, 2.05) is 45.0 Å². The summed E-state index contributed by atoms with van der Waals surface area (Å²) < 4.78 is 2.03. The predicted octanol–water partition coefficient (Wildman–Crippen LogP) is 1.68. The number of rotatable bonds is 2. The summed E-state index contributed by atoms with van der Waals surface area (Å²) in [6.45, 7) is 5.30. The third-order valence-corrected chi connectivity index (χ3v) is 5.54. The molecule has 1 fully saturated rings. The molecule has 2 aromatic rings. The van der Waals surface area contributed by atoms with Gasteiger partial charge in [-0.1, -0.05) is 0 Å². The van der Waals surface area contributed by atoms with Crippen molar-refractivity contribution >= 4 is 23.2 Å². The van der Waals surface area contributed by atoms with Crippen molar-refractivity contribution < 1.29 is 9.59 Å². The molecule has 4 heterocycles. The minimum absolute atomic E-state index is 0.00769. The van der Waals surface area contributed by atoms with E-state index >= 15 is 0 Å². The van der Waals surface area contributed by atoms with Gasteiger partial charge in [0.25, 0.3) is 5.91 Å². The monoisotopic (exact) mass is 330 g/mol. The fourth-order valence-electron chi connectivity index (χ4n) is 3.61. The van der Waals surface area contributed by atoms with Crippen LogP contribution in [-0.4, -0.2) is 50.3 Å². The Bertz CT molecular complexity index is 781. The van der Waals surface area contributed by atoms with Gasteiger partial charge in [0.15, 0.2) is 0 Å². The van der Waals surface area contributed by atoms with E-state index in [1.54, 1.807) is 18.3 Å². The normalized spacial score (nSPS) is 23.1. The highest BCUT2D eigenvalue weighted by molar-refractivity contribution is 7.09. The number of likely N-dealkylation sites (tertiary alicyclic amines) is 1. The Morgan fingerprint density at radius 3 is 2.87 bits per heavy atom. The number of hydrogen-bond donors (Lipinski definition) is 0. The van der Waals surface area contributed by atoms with Crippen LogP contribution in [0.25, 0.3) is 0 Å². The Kier molecular flexibility index (Phi) is 3.26. The molecule has 0 aliphatic carbocycles. The number of hydrogen-bond acceptors (Lipinski definition) is 4. The van der Waals surface area contributed by atoms with Gasteiger partial charge in [-0.25, -0.2) is 4.98 Å². The Labute approximate surface area is 138 Å². The van der Waals surface area contributed by atoms with Gasteiger partial charge in [0.2, 0.25) is 5.91 Å². The van der Waals surface area contributed by atoms with E-state index in [0.717, 1.165) is 10.7 Å². The van der Waals surface area contributed by atoms with E-state index in [1.165, 1.54) is 0 Å². The Morgan fingerprint density at radius 1 is 1.39 bits per heavy atom. The number of nitrogens with zero attached hydrogens (tertiary/aromatic N) is 4. The van der Waals surface area contributed by atoms with Crippen molar-refractivity contribution in [3.05, 3.63) is 40.1 Å². The summed E-state index contributed by atoms with van der Waals surface area (Å²) >= 11 is 1.59. The lowest BCUT2D eigenvalue weighted by Crippen LogP contribution is -2.49. The van der Waals surface area contributed by atoms with Crippen LogP contribution < -0.4 is 0 Å². The third kappa shape index (κ3) is 2.26. The van der Waals surface area contributed by atoms with E-state index in [4.69, 9.17) is 0 Å². The van der Waals surface area contributed by atoms with Crippen molar-refractivity contribution in [3.63, 3.8) is 0 Å². The molecule has 2 atom stereocenters. The molecule has 2 aliphatic rings. The molecule has 0 radical (unpaired) electrons. The van der Waals surface area contributed by atoms with Crippen LogP contribution in [0.3, 0.4) is 0 Å². The van der Waals surface area contributed by atoms with Gasteiger partial charge in [-0.15, -0.1) is 11.3 Å². The van der Waals surface area contributed by atoms with Crippen molar-refractivity contribution in [2.75, 3.05) is 13.1 Å². The summed E-state index contributed by atoms with van der Waals surface area (Å²) in [4.78, 5) is 32.9. The standard InChI is InChI=1S/C16H18N4O2S/c1-10-17-12(9-23-10)6-20-15-8-18(11(2)21)7-14(15)19-5-3-4-13(19)16(20)22/h3-5,9,14-15H,6-8H2,1-2H3/t14-,15-/m0/s1. The van der Waals surface area contributed by atoms with Crippen molar-refractivity contribution in [2.24, 2.45) is 0 Å². The average Bonchev–Trinajstić information content (AvgIpc) is 3.21. The summed E-state index contributed by atoms with van der Waals surface area (Å²) in [5, 5.41) is 3.00. The molecule has 0 bridgehead atoms. The number of amides is 2. The number of aryl methyl sites for hydroxylation is 1. The first-order valence-electron chi connectivity index (χ1n) is 7.69. The van der Waals surface area contributed by atoms with Crippen molar-refractivity contribution in [3.8, 4) is 0 Å². The zero-order valence-electron chi connectivity index (χ0n) is 13.1. The van der Waals surface area contributed by atoms with Gasteiger partial charge in [-0.05, 0) is 19.1 Å². The quantitative estimate of drug-likeness (QED) is 0.842. The van der Waals surface area contributed by atoms with Gasteiger partial charge in [0.1, 0.15) is 5.69 Å². The first-order valence-corrected chi connectivity index (χ1v) is 8.57. The molecular formula is C16H18N4O2S. The molecule has 0 spiro atoms. The molecule has 4 rings (SSSR count). The summed E-state index contributed by atoms with van der Waals surface area (Å²) in [6.07, 6.45) is 1.94. The summed E-state index contributed by atoms with van der Waals surface area (Å²) in [5.41, 5.74) is 1.62. The van der Waals surface area contributed by atoms with Crippen LogP contribution in [0.1, 0.15) is 34.2 Å². The van der Waals surface area contributed by atoms with Crippen molar-refractivity contribution in [1.82, 2.24) is 19.4 Å². The molecule has 6 nitrogen and oxygen atoms in total. The SMILES string of the molecule is CC(=O)N1C[C@H]2[C@H](C1)n1cccc1C(=O)N2Cc1csc(C)n1. The van der Waals surface area contributed by atoms with Crippen LogP contribution in [0.4, 0.5) is 0 Å². The molecule has 2 amide bonds. The van der Waals surface area contributed by atoms with Crippen LogP contribution in [0.15, 0.2) is 23.7 Å². The maximum absolute atomic E-state index is 12.9. The number of fused-ring (bicyclic) bond motifs is 3. The van der Waals surface area contributed by atoms with Gasteiger partial charge >= 0.3 is 0 Å². The molecule has 2 aliphatic heterocycles. The molecule has 23 heavy (non-hydrogen) atoms. The zero-order chi connectivity index (χ0) is 16.1. The van der Waals surface area contributed by atoms with Crippen LogP contribution >= 0.6 is 11.3 Å². The summed E-state index contributed by atoms with van der Waals surface area (Å²) in [7, 11) is 0. The lowest BCUT2D eigenvalue weighted by atomic mass is 10.1. The number of carbonyl (C=O) groups is 2. The molecule has 7 heteroatoms. The van der Waals surface area contributed by atoms with Gasteiger partial charge in [0.05, 0.1) is 29.3 Å². The second kappa shape index (κ2) is 5.19. The Balaban J connectivity index is 1.70. The Hall–Kier alpha value is -2.15. The van der Waals surface area contributed by atoms with Gasteiger partial charge in [-0.2, -0.15) is 0 Å². The second-order valence-corrected chi connectivity index (χ2v) is 7.21. The molecule has 0 aromatic carbocycles. The zero-order valence-corrected chi connectivity index (χ0v) is 13.9. The fraction of sp³-hybridized carbons (Fsp3) is 0.438. The highest BCUT2D eigenvalue weighted by Gasteiger charge is 2.45. The number of carbonyl (C=O) groups excluding carboxylic acids is 2. The van der Waals surface area contributed by atoms with Crippen molar-refractivity contribution in [1.29, 1.82) is 0 Å². The molecule has 120 valence electrons. The van der Waals surface area contributed by atoms with E-state index in [-0.39, 0.29) is 23.9 Å². The fourth-order valence-corrected chi connectivity index (χ4v) is 4.22. The van der Waals surface area contributed by atoms with Crippen LogP contribution in [0.5, 0.6) is 0 Å². The summed E-state index contributed by atoms with van der Waals surface area (Å²) in [6, 6.07) is 3.89. The molecule has 0 saturated carbocycles. The van der Waals surface area contributed by atoms with E-state index in [2.05, 4.69) is 4.98 Å². The van der Waals surface area contributed by atoms with E-state index < -0.39 is 0 Å². The van der Waals surface area contributed by atoms with Crippen molar-refractivity contribution in [2.45, 2.75) is 32.5 Å². The molecular weight excluding hydrogens is 312 g/mol. The lowest BCUT2D eigenvalue weighted by Gasteiger charge is -2.37. The molecule has 1 saturated heterocycles. The van der Waals surface area contributed by atoms with Gasteiger partial charge in [-0.3, -0.25) is 9.59 Å². The first kappa shape index (κ1) is 14.4. The smallest absolute Gasteiger partial charge is 0.271 e. The molecule has 0 unspecified atom stereocenters. The Morgan fingerprint density at radius 2 is 2.17 bits per heavy atom.